The molecule has 0 bridgehead atoms. The maximum absolute atomic E-state index is 11.6. The van der Waals surface area contributed by atoms with Gasteiger partial charge in [-0.3, -0.25) is 4.79 Å². The lowest BCUT2D eigenvalue weighted by atomic mass is 10.0. The normalized spacial score (nSPS) is 23.3. The zero-order valence-electron chi connectivity index (χ0n) is 10.7. The van der Waals surface area contributed by atoms with Crippen molar-refractivity contribution in [1.82, 2.24) is 4.90 Å². The van der Waals surface area contributed by atoms with E-state index in [1.54, 1.807) is 32.2 Å². The minimum atomic E-state index is -0.909. The van der Waals surface area contributed by atoms with E-state index in [-0.39, 0.29) is 11.9 Å². The van der Waals surface area contributed by atoms with Crippen molar-refractivity contribution in [3.8, 4) is 11.5 Å². The highest BCUT2D eigenvalue weighted by molar-refractivity contribution is 5.83. The minimum absolute atomic E-state index is 0.118. The maximum Gasteiger partial charge on any atom is 0.251 e. The molecule has 5 heteroatoms. The van der Waals surface area contributed by atoms with Gasteiger partial charge in [-0.15, -0.1) is 0 Å². The van der Waals surface area contributed by atoms with Crippen molar-refractivity contribution >= 4 is 5.91 Å². The Hall–Kier alpha value is -1.75. The van der Waals surface area contributed by atoms with E-state index in [4.69, 9.17) is 9.47 Å². The van der Waals surface area contributed by atoms with Crippen molar-refractivity contribution < 1.29 is 19.4 Å². The van der Waals surface area contributed by atoms with Crippen LogP contribution in [0.3, 0.4) is 0 Å². The van der Waals surface area contributed by atoms with Gasteiger partial charge in [0, 0.05) is 13.5 Å². The number of nitrogens with zero attached hydrogens (tertiary/aromatic N) is 1. The lowest BCUT2D eigenvalue weighted by Crippen LogP contribution is -2.26. The van der Waals surface area contributed by atoms with Gasteiger partial charge in [-0.25, -0.2) is 0 Å². The maximum atomic E-state index is 11.6. The van der Waals surface area contributed by atoms with Crippen molar-refractivity contribution in [3.63, 3.8) is 0 Å². The molecule has 1 aliphatic heterocycles. The molecule has 1 heterocycles. The van der Waals surface area contributed by atoms with Gasteiger partial charge in [0.1, 0.15) is 6.10 Å². The molecule has 1 aliphatic rings. The van der Waals surface area contributed by atoms with Crippen LogP contribution in [0.5, 0.6) is 11.5 Å². The van der Waals surface area contributed by atoms with Crippen molar-refractivity contribution in [1.29, 1.82) is 0 Å². The molecule has 2 rings (SSSR count). The van der Waals surface area contributed by atoms with Crippen LogP contribution in [0.2, 0.25) is 0 Å². The molecule has 1 aromatic carbocycles. The van der Waals surface area contributed by atoms with Crippen LogP contribution in [0.1, 0.15) is 18.0 Å². The summed E-state index contributed by atoms with van der Waals surface area (Å²) >= 11 is 0. The predicted molar refractivity (Wildman–Crippen MR) is 65.7 cm³/mol. The smallest absolute Gasteiger partial charge is 0.251 e. The van der Waals surface area contributed by atoms with Gasteiger partial charge in [-0.2, -0.15) is 0 Å². The van der Waals surface area contributed by atoms with Gasteiger partial charge in [0.25, 0.3) is 5.91 Å². The van der Waals surface area contributed by atoms with Gasteiger partial charge >= 0.3 is 0 Å². The first-order chi connectivity index (χ1) is 8.58. The van der Waals surface area contributed by atoms with Crippen molar-refractivity contribution in [2.24, 2.45) is 0 Å². The summed E-state index contributed by atoms with van der Waals surface area (Å²) in [6.07, 6.45) is -0.502. The summed E-state index contributed by atoms with van der Waals surface area (Å²) in [7, 11) is 4.84. The third-order valence-electron chi connectivity index (χ3n) is 3.34. The van der Waals surface area contributed by atoms with Crippen LogP contribution in [-0.4, -0.2) is 43.3 Å². The van der Waals surface area contributed by atoms with E-state index in [9.17, 15) is 9.90 Å². The molecule has 1 N–H and O–H groups in total. The largest absolute Gasteiger partial charge is 0.493 e. The fourth-order valence-electron chi connectivity index (χ4n) is 2.28. The molecule has 1 fully saturated rings. The van der Waals surface area contributed by atoms with Gasteiger partial charge in [0.05, 0.1) is 20.3 Å². The summed E-state index contributed by atoms with van der Waals surface area (Å²) in [5.74, 6) is 1.03. The number of methoxy groups -OCH3 is 2. The molecule has 5 nitrogen and oxygen atoms in total. The lowest BCUT2D eigenvalue weighted by molar-refractivity contribution is -0.134. The summed E-state index contributed by atoms with van der Waals surface area (Å²) in [4.78, 5) is 13.1. The summed E-state index contributed by atoms with van der Waals surface area (Å²) in [5.41, 5.74) is 0.931. The average Bonchev–Trinajstić information content (AvgIpc) is 2.65. The molecule has 1 aromatic rings. The zero-order valence-corrected chi connectivity index (χ0v) is 10.7. The predicted octanol–water partition coefficient (Wildman–Crippen LogP) is 0.968. The number of aliphatic hydroxyl groups is 1. The molecule has 1 amide bonds. The zero-order chi connectivity index (χ0) is 13.3. The number of rotatable bonds is 3. The van der Waals surface area contributed by atoms with E-state index < -0.39 is 6.10 Å². The molecule has 18 heavy (non-hydrogen) atoms. The van der Waals surface area contributed by atoms with Crippen LogP contribution in [0, 0.1) is 0 Å². The number of carbonyl (C=O) groups is 1. The topological polar surface area (TPSA) is 59.0 Å². The van der Waals surface area contributed by atoms with Gasteiger partial charge in [-0.1, -0.05) is 6.07 Å². The number of likely N-dealkylation sites (tertiary alicyclic amines) is 1. The number of amides is 1. The van der Waals surface area contributed by atoms with Crippen molar-refractivity contribution in [2.75, 3.05) is 21.3 Å². The Labute approximate surface area is 106 Å². The minimum Gasteiger partial charge on any atom is -0.493 e. The van der Waals surface area contributed by atoms with E-state index in [0.717, 1.165) is 5.56 Å². The molecule has 2 atom stereocenters. The number of hydrogen-bond donors (Lipinski definition) is 1. The van der Waals surface area contributed by atoms with Crippen molar-refractivity contribution in [2.45, 2.75) is 18.6 Å². The molecule has 1 saturated heterocycles. The second-order valence-electron chi connectivity index (χ2n) is 4.33. The molecule has 0 unspecified atom stereocenters. The van der Waals surface area contributed by atoms with Crippen LogP contribution in [0.4, 0.5) is 0 Å². The average molecular weight is 251 g/mol. The summed E-state index contributed by atoms with van der Waals surface area (Å²) in [6.45, 7) is 0. The molecule has 0 radical (unpaired) electrons. The van der Waals surface area contributed by atoms with Crippen molar-refractivity contribution in [3.05, 3.63) is 23.8 Å². The monoisotopic (exact) mass is 251 g/mol. The first-order valence-electron chi connectivity index (χ1n) is 5.75. The third-order valence-corrected chi connectivity index (χ3v) is 3.34. The van der Waals surface area contributed by atoms with Crippen LogP contribution in [-0.2, 0) is 4.79 Å². The molecular formula is C13H17NO4. The number of likely N-dealkylation sites (N-methyl/N-ethyl adjacent to an activating group) is 1. The molecule has 0 saturated carbocycles. The number of ether oxygens (including phenoxy) is 2. The summed E-state index contributed by atoms with van der Waals surface area (Å²) < 4.78 is 10.4. The Kier molecular flexibility index (Phi) is 3.43. The second kappa shape index (κ2) is 4.86. The Balaban J connectivity index is 2.32. The Bertz CT molecular complexity index is 460. The van der Waals surface area contributed by atoms with Gasteiger partial charge in [0.15, 0.2) is 11.5 Å². The van der Waals surface area contributed by atoms with Crippen LogP contribution in [0.25, 0.3) is 0 Å². The second-order valence-corrected chi connectivity index (χ2v) is 4.33. The molecule has 0 aromatic heterocycles. The highest BCUT2D eigenvalue weighted by atomic mass is 16.5. The SMILES string of the molecule is COc1ccc([C@@H]2C[C@H](O)C(=O)N2C)cc1OC. The Morgan fingerprint density at radius 1 is 1.28 bits per heavy atom. The van der Waals surface area contributed by atoms with Gasteiger partial charge in [-0.05, 0) is 17.7 Å². The summed E-state index contributed by atoms with van der Waals surface area (Å²) in [5, 5.41) is 9.58. The van der Waals surface area contributed by atoms with E-state index in [1.165, 1.54) is 0 Å². The molecule has 0 spiro atoms. The fraction of sp³-hybridized carbons (Fsp3) is 0.462. The van der Waals surface area contributed by atoms with E-state index in [2.05, 4.69) is 0 Å². The van der Waals surface area contributed by atoms with Crippen LogP contribution < -0.4 is 9.47 Å². The summed E-state index contributed by atoms with van der Waals surface area (Å²) in [6, 6.07) is 5.41. The fourth-order valence-corrected chi connectivity index (χ4v) is 2.28. The Morgan fingerprint density at radius 3 is 2.44 bits per heavy atom. The Morgan fingerprint density at radius 2 is 1.94 bits per heavy atom. The number of aliphatic hydroxyl groups excluding tert-OH is 1. The highest BCUT2D eigenvalue weighted by Gasteiger charge is 2.36. The third kappa shape index (κ3) is 2.01. The standard InChI is InChI=1S/C13H17NO4/c1-14-9(7-10(15)13(14)16)8-4-5-11(17-2)12(6-8)18-3/h4-6,9-10,15H,7H2,1-3H3/t9-,10-/m0/s1. The van der Waals surface area contributed by atoms with Crippen LogP contribution >= 0.6 is 0 Å². The molecular weight excluding hydrogens is 234 g/mol. The molecule has 98 valence electrons. The first kappa shape index (κ1) is 12.7. The number of benzene rings is 1. The van der Waals surface area contributed by atoms with Crippen LogP contribution in [0.15, 0.2) is 18.2 Å². The highest BCUT2D eigenvalue weighted by Crippen LogP contribution is 2.36. The van der Waals surface area contributed by atoms with E-state index in [0.29, 0.717) is 17.9 Å². The number of carbonyl (C=O) groups excluding carboxylic acids is 1. The van der Waals surface area contributed by atoms with Gasteiger partial charge in [0.2, 0.25) is 0 Å². The number of hydrogen-bond acceptors (Lipinski definition) is 4. The quantitative estimate of drug-likeness (QED) is 0.869. The lowest BCUT2D eigenvalue weighted by Gasteiger charge is -2.20. The van der Waals surface area contributed by atoms with E-state index >= 15 is 0 Å². The van der Waals surface area contributed by atoms with E-state index in [1.807, 2.05) is 12.1 Å². The molecule has 0 aliphatic carbocycles. The van der Waals surface area contributed by atoms with Gasteiger partial charge < -0.3 is 19.5 Å². The first-order valence-corrected chi connectivity index (χ1v) is 5.75.